The molecular weight excluding hydrogens is 298 g/mol. The second kappa shape index (κ2) is 7.41. The molecule has 1 fully saturated rings. The summed E-state index contributed by atoms with van der Waals surface area (Å²) in [6, 6.07) is 4.15. The van der Waals surface area contributed by atoms with E-state index in [-0.39, 0.29) is 17.3 Å². The fourth-order valence-electron chi connectivity index (χ4n) is 3.21. The Hall–Kier alpha value is -2.15. The van der Waals surface area contributed by atoms with Gasteiger partial charge in [-0.05, 0) is 24.3 Å². The third kappa shape index (κ3) is 4.66. The van der Waals surface area contributed by atoms with E-state index in [1.54, 1.807) is 0 Å². The van der Waals surface area contributed by atoms with Crippen LogP contribution in [-0.4, -0.2) is 42.5 Å². The highest BCUT2D eigenvalue weighted by atomic mass is 16.6. The fraction of sp³-hybridized carbons (Fsp3) is 0.562. The first-order valence-corrected chi connectivity index (χ1v) is 7.73. The molecule has 0 radical (unpaired) electrons. The zero-order valence-electron chi connectivity index (χ0n) is 13.7. The number of piperidine rings is 1. The van der Waals surface area contributed by atoms with Crippen LogP contribution in [0, 0.1) is 22.0 Å². The van der Waals surface area contributed by atoms with Crippen LogP contribution in [0.3, 0.4) is 0 Å². The van der Waals surface area contributed by atoms with Gasteiger partial charge in [-0.3, -0.25) is 19.8 Å². The van der Waals surface area contributed by atoms with Crippen LogP contribution in [0.25, 0.3) is 0 Å². The van der Waals surface area contributed by atoms with Crippen LogP contribution in [0.15, 0.2) is 18.2 Å². The normalized spacial score (nSPS) is 21.7. The highest BCUT2D eigenvalue weighted by Gasteiger charge is 2.23. The molecule has 1 heterocycles. The van der Waals surface area contributed by atoms with E-state index >= 15 is 0 Å². The number of likely N-dealkylation sites (tertiary alicyclic amines) is 1. The zero-order valence-corrected chi connectivity index (χ0v) is 13.7. The van der Waals surface area contributed by atoms with Crippen LogP contribution in [0.1, 0.15) is 20.3 Å². The molecule has 2 atom stereocenters. The van der Waals surface area contributed by atoms with E-state index in [1.807, 2.05) is 0 Å². The van der Waals surface area contributed by atoms with Gasteiger partial charge in [0, 0.05) is 19.2 Å². The summed E-state index contributed by atoms with van der Waals surface area (Å²) >= 11 is 0. The molecular formula is C16H23N3O4. The van der Waals surface area contributed by atoms with Crippen molar-refractivity contribution in [2.75, 3.05) is 32.1 Å². The molecule has 1 amide bonds. The van der Waals surface area contributed by atoms with Crippen molar-refractivity contribution < 1.29 is 14.5 Å². The van der Waals surface area contributed by atoms with Crippen LogP contribution >= 0.6 is 0 Å². The lowest BCUT2D eigenvalue weighted by Crippen LogP contribution is -2.42. The number of methoxy groups -OCH3 is 1. The van der Waals surface area contributed by atoms with Gasteiger partial charge in [0.05, 0.1) is 30.3 Å². The van der Waals surface area contributed by atoms with Gasteiger partial charge in [-0.2, -0.15) is 0 Å². The quantitative estimate of drug-likeness (QED) is 0.665. The first kappa shape index (κ1) is 17.2. The monoisotopic (exact) mass is 321 g/mol. The van der Waals surface area contributed by atoms with Crippen molar-refractivity contribution in [3.8, 4) is 5.75 Å². The average molecular weight is 321 g/mol. The van der Waals surface area contributed by atoms with E-state index in [0.29, 0.717) is 24.1 Å². The molecule has 1 aliphatic rings. The van der Waals surface area contributed by atoms with E-state index in [9.17, 15) is 14.9 Å². The summed E-state index contributed by atoms with van der Waals surface area (Å²) in [6.45, 7) is 6.53. The molecule has 1 aromatic carbocycles. The molecule has 23 heavy (non-hydrogen) atoms. The predicted molar refractivity (Wildman–Crippen MR) is 87.7 cm³/mol. The minimum absolute atomic E-state index is 0.0708. The Morgan fingerprint density at radius 2 is 2.04 bits per heavy atom. The summed E-state index contributed by atoms with van der Waals surface area (Å²) < 4.78 is 5.13. The van der Waals surface area contributed by atoms with Crippen molar-refractivity contribution in [1.29, 1.82) is 0 Å². The molecule has 0 aromatic heterocycles. The number of rotatable bonds is 5. The number of hydrogen-bond acceptors (Lipinski definition) is 5. The second-order valence-electron chi connectivity index (χ2n) is 6.33. The number of non-ortho nitro benzene ring substituents is 1. The molecule has 0 saturated carbocycles. The molecule has 1 saturated heterocycles. The number of carbonyl (C=O) groups is 1. The summed E-state index contributed by atoms with van der Waals surface area (Å²) in [5.41, 5.74) is 0.375. The number of benzene rings is 1. The molecule has 1 aromatic rings. The summed E-state index contributed by atoms with van der Waals surface area (Å²) in [7, 11) is 1.42. The first-order chi connectivity index (χ1) is 10.9. The fourth-order valence-corrected chi connectivity index (χ4v) is 3.21. The van der Waals surface area contributed by atoms with E-state index in [4.69, 9.17) is 4.74 Å². The second-order valence-corrected chi connectivity index (χ2v) is 6.33. The number of carbonyl (C=O) groups excluding carboxylic acids is 1. The van der Waals surface area contributed by atoms with Crippen LogP contribution < -0.4 is 10.1 Å². The van der Waals surface area contributed by atoms with E-state index in [2.05, 4.69) is 24.1 Å². The van der Waals surface area contributed by atoms with E-state index in [1.165, 1.54) is 31.7 Å². The van der Waals surface area contributed by atoms with Crippen LogP contribution in [0.5, 0.6) is 5.75 Å². The highest BCUT2D eigenvalue weighted by Crippen LogP contribution is 2.29. The smallest absolute Gasteiger partial charge is 0.273 e. The Bertz CT molecular complexity index is 581. The molecule has 0 unspecified atom stereocenters. The number of hydrogen-bond donors (Lipinski definition) is 1. The minimum Gasteiger partial charge on any atom is -0.494 e. The lowest BCUT2D eigenvalue weighted by atomic mass is 9.92. The summed E-state index contributed by atoms with van der Waals surface area (Å²) in [6.07, 6.45) is 1.19. The maximum Gasteiger partial charge on any atom is 0.273 e. The first-order valence-electron chi connectivity index (χ1n) is 7.73. The summed E-state index contributed by atoms with van der Waals surface area (Å²) in [5.74, 6) is 1.31. The Kier molecular flexibility index (Phi) is 5.54. The van der Waals surface area contributed by atoms with Crippen molar-refractivity contribution in [2.45, 2.75) is 20.3 Å². The largest absolute Gasteiger partial charge is 0.494 e. The lowest BCUT2D eigenvalue weighted by Gasteiger charge is -2.34. The number of amides is 1. The minimum atomic E-state index is -0.495. The lowest BCUT2D eigenvalue weighted by molar-refractivity contribution is -0.384. The Labute approximate surface area is 135 Å². The van der Waals surface area contributed by atoms with Gasteiger partial charge < -0.3 is 10.1 Å². The van der Waals surface area contributed by atoms with Crippen molar-refractivity contribution in [1.82, 2.24) is 4.90 Å². The van der Waals surface area contributed by atoms with Gasteiger partial charge in [0.25, 0.3) is 5.69 Å². The number of nitrogens with one attached hydrogen (secondary N) is 1. The average Bonchev–Trinajstić information content (AvgIpc) is 2.46. The third-order valence-electron chi connectivity index (χ3n) is 3.98. The van der Waals surface area contributed by atoms with E-state index < -0.39 is 4.92 Å². The molecule has 2 rings (SSSR count). The zero-order chi connectivity index (χ0) is 17.0. The van der Waals surface area contributed by atoms with Gasteiger partial charge in [-0.25, -0.2) is 0 Å². The van der Waals surface area contributed by atoms with Crippen LogP contribution in [0.4, 0.5) is 11.4 Å². The van der Waals surface area contributed by atoms with Gasteiger partial charge in [0.2, 0.25) is 5.91 Å². The molecule has 1 N–H and O–H groups in total. The number of ether oxygens (including phenoxy) is 1. The summed E-state index contributed by atoms with van der Waals surface area (Å²) in [5, 5.41) is 13.6. The Morgan fingerprint density at radius 1 is 1.39 bits per heavy atom. The van der Waals surface area contributed by atoms with Gasteiger partial charge in [-0.15, -0.1) is 0 Å². The molecule has 7 heteroatoms. The van der Waals surface area contributed by atoms with Crippen molar-refractivity contribution in [3.63, 3.8) is 0 Å². The molecule has 0 bridgehead atoms. The Balaban J connectivity index is 2.01. The van der Waals surface area contributed by atoms with Gasteiger partial charge in [0.15, 0.2) is 0 Å². The predicted octanol–water partition coefficient (Wildman–Crippen LogP) is 2.52. The van der Waals surface area contributed by atoms with Gasteiger partial charge in [-0.1, -0.05) is 13.8 Å². The SMILES string of the molecule is COc1cc([N+](=O)[O-])ccc1NC(=O)CN1C[C@@H](C)C[C@H](C)C1. The molecule has 126 valence electrons. The molecule has 0 aliphatic carbocycles. The molecule has 0 spiro atoms. The van der Waals surface area contributed by atoms with Crippen molar-refractivity contribution in [3.05, 3.63) is 28.3 Å². The number of nitro benzene ring substituents is 1. The van der Waals surface area contributed by atoms with Crippen LogP contribution in [0.2, 0.25) is 0 Å². The molecule has 1 aliphatic heterocycles. The topological polar surface area (TPSA) is 84.7 Å². The number of nitro groups is 1. The molecule has 7 nitrogen and oxygen atoms in total. The maximum atomic E-state index is 12.2. The van der Waals surface area contributed by atoms with E-state index in [0.717, 1.165) is 13.1 Å². The van der Waals surface area contributed by atoms with Gasteiger partial charge in [0.1, 0.15) is 5.75 Å². The standard InChI is InChI=1S/C16H23N3O4/c1-11-6-12(2)9-18(8-11)10-16(20)17-14-5-4-13(19(21)22)7-15(14)23-3/h4-5,7,11-12H,6,8-10H2,1-3H3,(H,17,20)/t11-,12-/m0/s1. The Morgan fingerprint density at radius 3 is 2.61 bits per heavy atom. The van der Waals surface area contributed by atoms with Crippen molar-refractivity contribution in [2.24, 2.45) is 11.8 Å². The maximum absolute atomic E-state index is 12.2. The third-order valence-corrected chi connectivity index (χ3v) is 3.98. The van der Waals surface area contributed by atoms with Crippen molar-refractivity contribution >= 4 is 17.3 Å². The van der Waals surface area contributed by atoms with Crippen LogP contribution in [-0.2, 0) is 4.79 Å². The highest BCUT2D eigenvalue weighted by molar-refractivity contribution is 5.93. The summed E-state index contributed by atoms with van der Waals surface area (Å²) in [4.78, 5) is 24.7. The number of nitrogens with zero attached hydrogens (tertiary/aromatic N) is 2. The number of anilines is 1. The van der Waals surface area contributed by atoms with Gasteiger partial charge >= 0.3 is 0 Å².